The number of non-ortho nitro benzene ring substituents is 1. The van der Waals surface area contributed by atoms with Crippen LogP contribution in [0.1, 0.15) is 69.8 Å². The minimum absolute atomic E-state index is 0.0283. The van der Waals surface area contributed by atoms with Crippen LogP contribution in [0.4, 0.5) is 5.69 Å². The third-order valence-corrected chi connectivity index (χ3v) is 6.36. The van der Waals surface area contributed by atoms with Gasteiger partial charge in [0.25, 0.3) is 5.69 Å². The van der Waals surface area contributed by atoms with Crippen LogP contribution in [0.3, 0.4) is 0 Å². The van der Waals surface area contributed by atoms with E-state index in [1.807, 2.05) is 0 Å². The first-order chi connectivity index (χ1) is 14.5. The number of aliphatic imine (C=N–C) groups is 1. The summed E-state index contributed by atoms with van der Waals surface area (Å²) in [5, 5.41) is 11.3. The van der Waals surface area contributed by atoms with Gasteiger partial charge < -0.3 is 4.74 Å². The Morgan fingerprint density at radius 3 is 2.67 bits per heavy atom. The highest BCUT2D eigenvalue weighted by molar-refractivity contribution is 6.08. The van der Waals surface area contributed by atoms with Gasteiger partial charge >= 0.3 is 5.97 Å². The molecule has 1 aromatic carbocycles. The number of esters is 1. The molecule has 1 saturated carbocycles. The van der Waals surface area contributed by atoms with Crippen LogP contribution in [0.25, 0.3) is 0 Å². The fourth-order valence-corrected chi connectivity index (χ4v) is 4.92. The molecule has 0 spiro atoms. The Hall–Kier alpha value is -2.83. The van der Waals surface area contributed by atoms with Gasteiger partial charge in [0.1, 0.15) is 12.0 Å². The van der Waals surface area contributed by atoms with Crippen molar-refractivity contribution in [2.75, 3.05) is 0 Å². The standard InChI is InChI=1S/C23H26N2O5/c1-14-20(23(27)30-17-9-3-2-4-10-17)21(15-7-5-8-16(13-15)25(28)29)22-18(24-14)11-6-12-19(22)26/h5,7-8,13,17,20-21H,2-4,6,9-12H2,1H3/t20?,21-/m0/s1. The number of allylic oxidation sites excluding steroid dienone is 2. The Labute approximate surface area is 175 Å². The zero-order valence-corrected chi connectivity index (χ0v) is 17.1. The summed E-state index contributed by atoms with van der Waals surface area (Å²) < 4.78 is 5.86. The number of hydrogen-bond acceptors (Lipinski definition) is 6. The maximum atomic E-state index is 13.3. The maximum Gasteiger partial charge on any atom is 0.315 e. The van der Waals surface area contributed by atoms with Crippen LogP contribution in [0.5, 0.6) is 0 Å². The van der Waals surface area contributed by atoms with Crippen molar-refractivity contribution in [1.29, 1.82) is 0 Å². The quantitative estimate of drug-likeness (QED) is 0.409. The van der Waals surface area contributed by atoms with Crippen LogP contribution in [0.2, 0.25) is 0 Å². The first kappa shape index (κ1) is 20.4. The molecule has 1 unspecified atom stereocenters. The second-order valence-corrected chi connectivity index (χ2v) is 8.39. The monoisotopic (exact) mass is 410 g/mol. The minimum atomic E-state index is -0.741. The number of ketones is 1. The van der Waals surface area contributed by atoms with Gasteiger partial charge in [0.05, 0.1) is 4.92 Å². The van der Waals surface area contributed by atoms with Crippen molar-refractivity contribution >= 4 is 23.2 Å². The first-order valence-corrected chi connectivity index (χ1v) is 10.7. The Bertz CT molecular complexity index is 943. The van der Waals surface area contributed by atoms with E-state index in [4.69, 9.17) is 4.74 Å². The number of Topliss-reactive ketones (excluding diaryl/α,β-unsaturated/α-hetero) is 1. The van der Waals surface area contributed by atoms with E-state index in [2.05, 4.69) is 4.99 Å². The number of nitro benzene ring substituents is 1. The van der Waals surface area contributed by atoms with Crippen LogP contribution in [-0.2, 0) is 14.3 Å². The van der Waals surface area contributed by atoms with E-state index >= 15 is 0 Å². The molecule has 2 aliphatic carbocycles. The maximum absolute atomic E-state index is 13.3. The number of rotatable bonds is 4. The Morgan fingerprint density at radius 1 is 1.17 bits per heavy atom. The van der Waals surface area contributed by atoms with Crippen molar-refractivity contribution in [2.45, 2.75) is 70.3 Å². The number of carbonyl (C=O) groups is 2. The zero-order valence-electron chi connectivity index (χ0n) is 17.1. The van der Waals surface area contributed by atoms with Gasteiger partial charge in [-0.1, -0.05) is 18.6 Å². The number of carbonyl (C=O) groups excluding carboxylic acids is 2. The Kier molecular flexibility index (Phi) is 5.79. The molecule has 158 valence electrons. The molecular weight excluding hydrogens is 384 g/mol. The van der Waals surface area contributed by atoms with Crippen LogP contribution in [0.15, 0.2) is 40.5 Å². The largest absolute Gasteiger partial charge is 0.462 e. The lowest BCUT2D eigenvalue weighted by Crippen LogP contribution is -2.38. The topological polar surface area (TPSA) is 98.9 Å². The number of hydrogen-bond donors (Lipinski definition) is 0. The molecule has 3 aliphatic rings. The number of nitrogens with zero attached hydrogens (tertiary/aromatic N) is 2. The predicted octanol–water partition coefficient (Wildman–Crippen LogP) is 4.65. The molecule has 0 bridgehead atoms. The SMILES string of the molecule is CC1=NC2=C(C(=O)CCC2)[C@@H](c2cccc([N+](=O)[O-])c2)C1C(=O)OC1CCCCC1. The Morgan fingerprint density at radius 2 is 1.93 bits per heavy atom. The number of benzene rings is 1. The van der Waals surface area contributed by atoms with E-state index in [1.165, 1.54) is 12.1 Å². The molecule has 30 heavy (non-hydrogen) atoms. The predicted molar refractivity (Wildman–Crippen MR) is 111 cm³/mol. The summed E-state index contributed by atoms with van der Waals surface area (Å²) in [5.41, 5.74) is 2.38. The van der Waals surface area contributed by atoms with Gasteiger partial charge in [0.15, 0.2) is 5.78 Å². The van der Waals surface area contributed by atoms with Crippen molar-refractivity contribution in [2.24, 2.45) is 10.9 Å². The van der Waals surface area contributed by atoms with Gasteiger partial charge in [-0.2, -0.15) is 0 Å². The molecule has 0 saturated heterocycles. The summed E-state index contributed by atoms with van der Waals surface area (Å²) in [5.74, 6) is -1.75. The molecule has 1 heterocycles. The molecule has 7 nitrogen and oxygen atoms in total. The average Bonchev–Trinajstić information content (AvgIpc) is 2.73. The van der Waals surface area contributed by atoms with Gasteiger partial charge in [-0.05, 0) is 51.0 Å². The molecule has 1 aliphatic heterocycles. The van der Waals surface area contributed by atoms with Crippen molar-refractivity contribution in [3.8, 4) is 0 Å². The van der Waals surface area contributed by atoms with Crippen LogP contribution < -0.4 is 0 Å². The number of ether oxygens (including phenoxy) is 1. The number of nitro groups is 1. The lowest BCUT2D eigenvalue weighted by atomic mass is 9.71. The fourth-order valence-electron chi connectivity index (χ4n) is 4.92. The van der Waals surface area contributed by atoms with E-state index in [-0.39, 0.29) is 23.5 Å². The van der Waals surface area contributed by atoms with Crippen molar-refractivity contribution < 1.29 is 19.2 Å². The molecule has 0 amide bonds. The summed E-state index contributed by atoms with van der Waals surface area (Å²) in [7, 11) is 0. The minimum Gasteiger partial charge on any atom is -0.462 e. The van der Waals surface area contributed by atoms with Crippen molar-refractivity contribution in [3.05, 3.63) is 51.2 Å². The van der Waals surface area contributed by atoms with Crippen LogP contribution in [0, 0.1) is 16.0 Å². The lowest BCUT2D eigenvalue weighted by Gasteiger charge is -2.35. The molecular formula is C23H26N2O5. The van der Waals surface area contributed by atoms with E-state index < -0.39 is 16.8 Å². The van der Waals surface area contributed by atoms with E-state index in [1.54, 1.807) is 19.1 Å². The molecule has 7 heteroatoms. The zero-order chi connectivity index (χ0) is 21.3. The lowest BCUT2D eigenvalue weighted by molar-refractivity contribution is -0.384. The van der Waals surface area contributed by atoms with Gasteiger partial charge in [0, 0.05) is 41.5 Å². The third kappa shape index (κ3) is 3.93. The second kappa shape index (κ2) is 8.50. The molecule has 0 aromatic heterocycles. The highest BCUT2D eigenvalue weighted by Crippen LogP contribution is 2.44. The highest BCUT2D eigenvalue weighted by Gasteiger charge is 2.44. The van der Waals surface area contributed by atoms with Gasteiger partial charge in [-0.25, -0.2) is 0 Å². The van der Waals surface area contributed by atoms with E-state index in [9.17, 15) is 19.7 Å². The summed E-state index contributed by atoms with van der Waals surface area (Å²) in [6, 6.07) is 6.24. The van der Waals surface area contributed by atoms with Gasteiger partial charge in [0.2, 0.25) is 0 Å². The van der Waals surface area contributed by atoms with Crippen LogP contribution in [-0.4, -0.2) is 28.5 Å². The average molecular weight is 410 g/mol. The first-order valence-electron chi connectivity index (χ1n) is 10.7. The summed E-state index contributed by atoms with van der Waals surface area (Å²) in [6.45, 7) is 1.79. The molecule has 2 atom stereocenters. The molecule has 0 radical (unpaired) electrons. The van der Waals surface area contributed by atoms with E-state index in [0.29, 0.717) is 35.4 Å². The van der Waals surface area contributed by atoms with Gasteiger partial charge in [-0.3, -0.25) is 24.7 Å². The smallest absolute Gasteiger partial charge is 0.315 e. The highest BCUT2D eigenvalue weighted by atomic mass is 16.6. The Balaban J connectivity index is 1.75. The molecule has 1 aromatic rings. The molecule has 0 N–H and O–H groups in total. The summed E-state index contributed by atoms with van der Waals surface area (Å²) in [6.07, 6.45) is 6.63. The van der Waals surface area contributed by atoms with Crippen molar-refractivity contribution in [3.63, 3.8) is 0 Å². The second-order valence-electron chi connectivity index (χ2n) is 8.39. The summed E-state index contributed by atoms with van der Waals surface area (Å²) in [4.78, 5) is 41.7. The molecule has 1 fully saturated rings. The van der Waals surface area contributed by atoms with E-state index in [0.717, 1.165) is 38.5 Å². The summed E-state index contributed by atoms with van der Waals surface area (Å²) >= 11 is 0. The molecule has 4 rings (SSSR count). The van der Waals surface area contributed by atoms with Gasteiger partial charge in [-0.15, -0.1) is 0 Å². The fraction of sp³-hybridized carbons (Fsp3) is 0.522. The third-order valence-electron chi connectivity index (χ3n) is 6.36. The van der Waals surface area contributed by atoms with Crippen LogP contribution >= 0.6 is 0 Å². The normalized spacial score (nSPS) is 24.8. The van der Waals surface area contributed by atoms with Crippen molar-refractivity contribution in [1.82, 2.24) is 0 Å².